The highest BCUT2D eigenvalue weighted by molar-refractivity contribution is 7.21. The minimum absolute atomic E-state index is 0.0112. The lowest BCUT2D eigenvalue weighted by Crippen LogP contribution is -2.53. The van der Waals surface area contributed by atoms with Crippen LogP contribution in [0.4, 0.5) is 10.1 Å². The number of ether oxygens (including phenoxy) is 2. The first-order valence-electron chi connectivity index (χ1n) is 15.1. The van der Waals surface area contributed by atoms with Crippen molar-refractivity contribution in [2.24, 2.45) is 11.5 Å². The van der Waals surface area contributed by atoms with E-state index >= 15 is 4.39 Å². The summed E-state index contributed by atoms with van der Waals surface area (Å²) < 4.78 is 27.2. The molecule has 1 aromatic heterocycles. The molecule has 3 atom stereocenters. The number of hydrogen-bond acceptors (Lipinski definition) is 9. The number of carbonyl (C=O) groups excluding carboxylic acids is 3. The second kappa shape index (κ2) is 12.4. The normalized spacial score (nSPS) is 21.0. The molecule has 0 radical (unpaired) electrons. The van der Waals surface area contributed by atoms with Crippen molar-refractivity contribution in [3.8, 4) is 11.5 Å². The van der Waals surface area contributed by atoms with Crippen LogP contribution in [0.25, 0.3) is 10.1 Å². The van der Waals surface area contributed by atoms with E-state index in [1.807, 2.05) is 6.07 Å². The van der Waals surface area contributed by atoms with Crippen molar-refractivity contribution in [2.45, 2.75) is 43.8 Å². The standard InChI is InChI=1S/C34H36FN5O5S/c1-18-21(11-13-24(28(18)35)45-20-8-4-3-5-9-20)34(38)22-10-12-23(36)30-26(22)27(29(37)32(34)42)31(46-30)33(43)39-19-7-6-15-40(17-19)25(41)14-16-44-2/h3-5,8-13,19,29H,6-7,14-17,36-38H2,1-2H3,(H,39,43). The maximum Gasteiger partial charge on any atom is 0.262 e. The average Bonchev–Trinajstić information content (AvgIpc) is 3.47. The molecule has 12 heteroatoms. The molecule has 6 rings (SSSR count). The van der Waals surface area contributed by atoms with Crippen LogP contribution in [-0.4, -0.2) is 55.3 Å². The molecule has 1 aliphatic heterocycles. The number of amides is 2. The average molecular weight is 646 g/mol. The number of nitrogens with zero attached hydrogens (tertiary/aromatic N) is 1. The van der Waals surface area contributed by atoms with Crippen LogP contribution >= 0.6 is 11.3 Å². The van der Waals surface area contributed by atoms with Crippen LogP contribution in [0, 0.1) is 12.7 Å². The molecule has 46 heavy (non-hydrogen) atoms. The van der Waals surface area contributed by atoms with Gasteiger partial charge in [-0.05, 0) is 60.7 Å². The van der Waals surface area contributed by atoms with Gasteiger partial charge in [-0.25, -0.2) is 4.39 Å². The van der Waals surface area contributed by atoms with Crippen molar-refractivity contribution in [3.63, 3.8) is 0 Å². The first-order chi connectivity index (χ1) is 22.1. The molecule has 2 heterocycles. The summed E-state index contributed by atoms with van der Waals surface area (Å²) in [5.41, 5.74) is 19.7. The molecular formula is C34H36FN5O5S. The van der Waals surface area contributed by atoms with Gasteiger partial charge in [0.15, 0.2) is 17.3 Å². The number of nitrogens with one attached hydrogen (secondary N) is 1. The number of carbonyl (C=O) groups is 3. The first kappa shape index (κ1) is 31.6. The van der Waals surface area contributed by atoms with Gasteiger partial charge in [0.1, 0.15) is 11.3 Å². The summed E-state index contributed by atoms with van der Waals surface area (Å²) >= 11 is 1.14. The van der Waals surface area contributed by atoms with Gasteiger partial charge in [0, 0.05) is 42.9 Å². The number of anilines is 1. The van der Waals surface area contributed by atoms with E-state index in [9.17, 15) is 14.4 Å². The number of Topliss-reactive ketones (excluding diaryl/α,β-unsaturated/α-hetero) is 1. The zero-order valence-electron chi connectivity index (χ0n) is 25.6. The Kier molecular flexibility index (Phi) is 8.55. The van der Waals surface area contributed by atoms with Gasteiger partial charge in [-0.3, -0.25) is 14.4 Å². The van der Waals surface area contributed by atoms with E-state index in [1.54, 1.807) is 61.4 Å². The molecule has 0 bridgehead atoms. The molecule has 240 valence electrons. The molecular weight excluding hydrogens is 609 g/mol. The predicted molar refractivity (Wildman–Crippen MR) is 174 cm³/mol. The van der Waals surface area contributed by atoms with Crippen molar-refractivity contribution in [1.82, 2.24) is 10.2 Å². The Bertz CT molecular complexity index is 1850. The van der Waals surface area contributed by atoms with E-state index in [0.717, 1.165) is 17.8 Å². The van der Waals surface area contributed by atoms with Crippen molar-refractivity contribution in [1.29, 1.82) is 0 Å². The van der Waals surface area contributed by atoms with Gasteiger partial charge in [-0.1, -0.05) is 30.3 Å². The molecule has 1 aliphatic carbocycles. The number of rotatable bonds is 8. The minimum atomic E-state index is -1.82. The number of para-hydroxylation sites is 1. The zero-order valence-corrected chi connectivity index (χ0v) is 26.4. The third-order valence-electron chi connectivity index (χ3n) is 8.90. The van der Waals surface area contributed by atoms with E-state index in [4.69, 9.17) is 26.7 Å². The Morgan fingerprint density at radius 1 is 1.13 bits per heavy atom. The molecule has 1 saturated heterocycles. The van der Waals surface area contributed by atoms with Crippen LogP contribution in [0.2, 0.25) is 0 Å². The molecule has 2 amide bonds. The Morgan fingerprint density at radius 2 is 1.87 bits per heavy atom. The Labute approximate surface area is 269 Å². The first-order valence-corrected chi connectivity index (χ1v) is 15.9. The van der Waals surface area contributed by atoms with Gasteiger partial charge < -0.3 is 36.9 Å². The number of likely N-dealkylation sites (tertiary alicyclic amines) is 1. The Morgan fingerprint density at radius 3 is 2.61 bits per heavy atom. The van der Waals surface area contributed by atoms with Crippen LogP contribution in [0.15, 0.2) is 54.6 Å². The van der Waals surface area contributed by atoms with Gasteiger partial charge in [0.25, 0.3) is 5.91 Å². The summed E-state index contributed by atoms with van der Waals surface area (Å²) in [5.74, 6) is -1.23. The number of hydrogen-bond donors (Lipinski definition) is 4. The quantitative estimate of drug-likeness (QED) is 0.207. The topological polar surface area (TPSA) is 163 Å². The van der Waals surface area contributed by atoms with Crippen LogP contribution in [0.3, 0.4) is 0 Å². The number of benzene rings is 3. The van der Waals surface area contributed by atoms with Crippen LogP contribution in [0.5, 0.6) is 11.5 Å². The maximum atomic E-state index is 15.8. The zero-order chi connectivity index (χ0) is 32.7. The van der Waals surface area contributed by atoms with Crippen molar-refractivity contribution in [3.05, 3.63) is 87.5 Å². The van der Waals surface area contributed by atoms with E-state index in [1.165, 1.54) is 6.07 Å². The number of ketones is 1. The van der Waals surface area contributed by atoms with Gasteiger partial charge in [-0.15, -0.1) is 11.3 Å². The lowest BCUT2D eigenvalue weighted by atomic mass is 9.69. The van der Waals surface area contributed by atoms with Gasteiger partial charge in [-0.2, -0.15) is 0 Å². The van der Waals surface area contributed by atoms with Gasteiger partial charge >= 0.3 is 0 Å². The molecule has 10 nitrogen and oxygen atoms in total. The SMILES string of the molecule is COCCC(=O)N1CCCC(NC(=O)c2sc3c(N)ccc4c3c2C(N)C(=O)C4(N)c2ccc(Oc3ccccc3)c(F)c2C)C1. The lowest BCUT2D eigenvalue weighted by molar-refractivity contribution is -0.133. The fourth-order valence-electron chi connectivity index (χ4n) is 6.53. The van der Waals surface area contributed by atoms with E-state index < -0.39 is 29.1 Å². The molecule has 4 aromatic rings. The van der Waals surface area contributed by atoms with Crippen LogP contribution in [0.1, 0.15) is 57.2 Å². The number of halogens is 1. The fourth-order valence-corrected chi connectivity index (χ4v) is 7.73. The predicted octanol–water partition coefficient (Wildman–Crippen LogP) is 4.27. The number of methoxy groups -OCH3 is 1. The third kappa shape index (κ3) is 5.30. The molecule has 0 spiro atoms. The van der Waals surface area contributed by atoms with E-state index in [2.05, 4.69) is 5.32 Å². The van der Waals surface area contributed by atoms with E-state index in [-0.39, 0.29) is 40.1 Å². The summed E-state index contributed by atoms with van der Waals surface area (Å²) in [5, 5.41) is 3.57. The molecule has 2 aliphatic rings. The minimum Gasteiger partial charge on any atom is -0.454 e. The number of nitrogens with two attached hydrogens (primary N) is 3. The van der Waals surface area contributed by atoms with Gasteiger partial charge in [0.05, 0.1) is 28.6 Å². The van der Waals surface area contributed by atoms with Gasteiger partial charge in [0.2, 0.25) is 5.91 Å². The smallest absolute Gasteiger partial charge is 0.262 e. The highest BCUT2D eigenvalue weighted by Crippen LogP contribution is 2.50. The summed E-state index contributed by atoms with van der Waals surface area (Å²) in [6, 6.07) is 13.5. The molecule has 3 unspecified atom stereocenters. The lowest BCUT2D eigenvalue weighted by Gasteiger charge is -2.37. The van der Waals surface area contributed by atoms with E-state index in [0.29, 0.717) is 58.8 Å². The summed E-state index contributed by atoms with van der Waals surface area (Å²) in [6.45, 7) is 2.85. The summed E-state index contributed by atoms with van der Waals surface area (Å²) in [7, 11) is 1.55. The summed E-state index contributed by atoms with van der Waals surface area (Å²) in [4.78, 5) is 42.6. The van der Waals surface area contributed by atoms with Crippen molar-refractivity contribution in [2.75, 3.05) is 32.5 Å². The second-order valence-electron chi connectivity index (χ2n) is 11.8. The number of nitrogen functional groups attached to an aromatic ring is 1. The highest BCUT2D eigenvalue weighted by atomic mass is 32.1. The monoisotopic (exact) mass is 645 g/mol. The maximum absolute atomic E-state index is 15.8. The van der Waals surface area contributed by atoms with Crippen molar-refractivity contribution >= 4 is 44.7 Å². The number of piperidine rings is 1. The number of thiophene rings is 1. The Balaban J connectivity index is 1.37. The summed E-state index contributed by atoms with van der Waals surface area (Å²) in [6.07, 6.45) is 1.70. The van der Waals surface area contributed by atoms with Crippen LogP contribution < -0.4 is 27.3 Å². The molecule has 0 saturated carbocycles. The van der Waals surface area contributed by atoms with Crippen molar-refractivity contribution < 1.29 is 28.2 Å². The Hall–Kier alpha value is -4.36. The highest BCUT2D eigenvalue weighted by Gasteiger charge is 2.50. The third-order valence-corrected chi connectivity index (χ3v) is 10.1. The van der Waals surface area contributed by atoms with Crippen LogP contribution in [-0.2, 0) is 19.9 Å². The largest absolute Gasteiger partial charge is 0.454 e. The molecule has 3 aromatic carbocycles. The molecule has 7 N–H and O–H groups in total. The fraction of sp³-hybridized carbons (Fsp3) is 0.324. The molecule has 1 fully saturated rings. The second-order valence-corrected chi connectivity index (χ2v) is 12.8.